The van der Waals surface area contributed by atoms with Gasteiger partial charge in [0.15, 0.2) is 11.5 Å². The summed E-state index contributed by atoms with van der Waals surface area (Å²) >= 11 is 6.39. The molecule has 3 aliphatic rings. The highest BCUT2D eigenvalue weighted by Gasteiger charge is 2.47. The molecule has 4 rings (SSSR count). The summed E-state index contributed by atoms with van der Waals surface area (Å²) in [7, 11) is 2.10. The first-order chi connectivity index (χ1) is 11.0. The Morgan fingerprint density at radius 3 is 2.78 bits per heavy atom. The number of halogens is 1. The van der Waals surface area contributed by atoms with Crippen LogP contribution in [-0.2, 0) is 0 Å². The van der Waals surface area contributed by atoms with Crippen LogP contribution in [0.15, 0.2) is 35.1 Å². The van der Waals surface area contributed by atoms with Gasteiger partial charge in [-0.1, -0.05) is 18.5 Å². The molecule has 4 unspecified atom stereocenters. The molecule has 0 aromatic heterocycles. The van der Waals surface area contributed by atoms with Crippen LogP contribution < -0.4 is 4.74 Å². The molecule has 0 bridgehead atoms. The van der Waals surface area contributed by atoms with Gasteiger partial charge in [0.2, 0.25) is 0 Å². The smallest absolute Gasteiger partial charge is 0.172 e. The van der Waals surface area contributed by atoms with Crippen LogP contribution in [0.5, 0.6) is 17.2 Å². The molecule has 0 spiro atoms. The van der Waals surface area contributed by atoms with E-state index in [1.807, 2.05) is 12.2 Å². The number of ether oxygens (including phenoxy) is 1. The Labute approximate surface area is 140 Å². The first kappa shape index (κ1) is 14.9. The third-order valence-corrected chi connectivity index (χ3v) is 5.89. The monoisotopic (exact) mass is 333 g/mol. The average Bonchev–Trinajstić information content (AvgIpc) is 2.81. The zero-order chi connectivity index (χ0) is 16.3. The lowest BCUT2D eigenvalue weighted by Crippen LogP contribution is -2.30. The van der Waals surface area contributed by atoms with Gasteiger partial charge < -0.3 is 19.8 Å². The van der Waals surface area contributed by atoms with Gasteiger partial charge in [0.25, 0.3) is 0 Å². The number of benzene rings is 1. The summed E-state index contributed by atoms with van der Waals surface area (Å²) in [6.07, 6.45) is 3.80. The Hall–Kier alpha value is -1.65. The molecule has 1 aliphatic carbocycles. The molecule has 122 valence electrons. The van der Waals surface area contributed by atoms with E-state index < -0.39 is 0 Å². The standard InChI is InChI=1S/C18H20ClNO3/c1-9-14(19)3-4-16-17(9)13-8-20(2)7-12(13)11-5-10(21)6-15(22)18(11)23-16/h3-6,9,12-13,17,21-22H,7-8H2,1-2H3. The summed E-state index contributed by atoms with van der Waals surface area (Å²) < 4.78 is 6.12. The van der Waals surface area contributed by atoms with E-state index in [1.165, 1.54) is 6.07 Å². The molecule has 2 N–H and O–H groups in total. The summed E-state index contributed by atoms with van der Waals surface area (Å²) in [6, 6.07) is 3.06. The normalized spacial score (nSPS) is 32.8. The van der Waals surface area contributed by atoms with Crippen LogP contribution >= 0.6 is 11.6 Å². The van der Waals surface area contributed by atoms with Crippen molar-refractivity contribution in [1.82, 2.24) is 4.90 Å². The highest BCUT2D eigenvalue weighted by Crippen LogP contribution is 2.54. The zero-order valence-corrected chi connectivity index (χ0v) is 13.9. The molecule has 1 fully saturated rings. The van der Waals surface area contributed by atoms with Gasteiger partial charge in [-0.3, -0.25) is 0 Å². The number of fused-ring (bicyclic) bond motifs is 5. The lowest BCUT2D eigenvalue weighted by molar-refractivity contribution is 0.230. The van der Waals surface area contributed by atoms with Crippen LogP contribution in [0.1, 0.15) is 18.4 Å². The predicted octanol–water partition coefficient (Wildman–Crippen LogP) is 3.41. The maximum atomic E-state index is 10.3. The van der Waals surface area contributed by atoms with E-state index in [-0.39, 0.29) is 29.3 Å². The lowest BCUT2D eigenvalue weighted by atomic mass is 9.73. The Bertz CT molecular complexity index is 727. The van der Waals surface area contributed by atoms with Crippen molar-refractivity contribution in [1.29, 1.82) is 0 Å². The summed E-state index contributed by atoms with van der Waals surface area (Å²) in [5, 5.41) is 21.1. The molecular weight excluding hydrogens is 314 g/mol. The van der Waals surface area contributed by atoms with Crippen molar-refractivity contribution in [3.63, 3.8) is 0 Å². The van der Waals surface area contributed by atoms with E-state index in [0.29, 0.717) is 11.7 Å². The van der Waals surface area contributed by atoms with E-state index in [0.717, 1.165) is 29.4 Å². The number of nitrogens with zero attached hydrogens (tertiary/aromatic N) is 1. The first-order valence-corrected chi connectivity index (χ1v) is 8.33. The van der Waals surface area contributed by atoms with Crippen molar-refractivity contribution >= 4 is 11.6 Å². The number of phenols is 2. The average molecular weight is 334 g/mol. The predicted molar refractivity (Wildman–Crippen MR) is 88.8 cm³/mol. The van der Waals surface area contributed by atoms with Gasteiger partial charge in [0, 0.05) is 47.5 Å². The number of allylic oxidation sites excluding steroid dienone is 4. The SMILES string of the molecule is CC1C(Cl)=CC=C2Oc3c(O)cc(O)cc3C3CN(C)CC3C21. The third-order valence-electron chi connectivity index (χ3n) is 5.42. The van der Waals surface area contributed by atoms with Gasteiger partial charge in [0.1, 0.15) is 11.5 Å². The highest BCUT2D eigenvalue weighted by atomic mass is 35.5. The highest BCUT2D eigenvalue weighted by molar-refractivity contribution is 6.30. The van der Waals surface area contributed by atoms with E-state index in [9.17, 15) is 10.2 Å². The first-order valence-electron chi connectivity index (χ1n) is 7.95. The quantitative estimate of drug-likeness (QED) is 0.764. The molecule has 0 radical (unpaired) electrons. The third kappa shape index (κ3) is 2.24. The molecule has 5 heteroatoms. The molecule has 23 heavy (non-hydrogen) atoms. The summed E-state index contributed by atoms with van der Waals surface area (Å²) in [5.41, 5.74) is 0.885. The Kier molecular flexibility index (Phi) is 3.36. The minimum atomic E-state index is -0.0110. The molecule has 2 heterocycles. The lowest BCUT2D eigenvalue weighted by Gasteiger charge is -2.33. The van der Waals surface area contributed by atoms with Crippen molar-refractivity contribution in [3.05, 3.63) is 40.6 Å². The fraction of sp³-hybridized carbons (Fsp3) is 0.444. The summed E-state index contributed by atoms with van der Waals surface area (Å²) in [4.78, 5) is 2.29. The second-order valence-corrected chi connectivity index (χ2v) is 7.35. The molecule has 0 amide bonds. The summed E-state index contributed by atoms with van der Waals surface area (Å²) in [5.74, 6) is 2.29. The van der Waals surface area contributed by atoms with Crippen molar-refractivity contribution in [3.8, 4) is 17.2 Å². The van der Waals surface area contributed by atoms with E-state index >= 15 is 0 Å². The Morgan fingerprint density at radius 1 is 1.22 bits per heavy atom. The van der Waals surface area contributed by atoms with Crippen molar-refractivity contribution in [2.45, 2.75) is 12.8 Å². The number of hydrogen-bond acceptors (Lipinski definition) is 4. The molecule has 2 aliphatic heterocycles. The number of likely N-dealkylation sites (N-methyl/N-ethyl adjacent to an activating group) is 1. The van der Waals surface area contributed by atoms with Crippen molar-refractivity contribution < 1.29 is 14.9 Å². The van der Waals surface area contributed by atoms with E-state index in [4.69, 9.17) is 16.3 Å². The molecule has 4 atom stereocenters. The molecular formula is C18H20ClNO3. The summed E-state index contributed by atoms with van der Waals surface area (Å²) in [6.45, 7) is 3.95. The molecule has 1 saturated heterocycles. The van der Waals surface area contributed by atoms with Gasteiger partial charge in [0.05, 0.1) is 0 Å². The topological polar surface area (TPSA) is 52.9 Å². The minimum Gasteiger partial charge on any atom is -0.508 e. The fourth-order valence-electron chi connectivity index (χ4n) is 4.38. The van der Waals surface area contributed by atoms with Gasteiger partial charge >= 0.3 is 0 Å². The number of aromatic hydroxyl groups is 2. The van der Waals surface area contributed by atoms with E-state index in [1.54, 1.807) is 6.07 Å². The zero-order valence-electron chi connectivity index (χ0n) is 13.2. The maximum absolute atomic E-state index is 10.3. The largest absolute Gasteiger partial charge is 0.508 e. The van der Waals surface area contributed by atoms with Gasteiger partial charge in [-0.05, 0) is 31.2 Å². The number of hydrogen-bond donors (Lipinski definition) is 2. The maximum Gasteiger partial charge on any atom is 0.172 e. The minimum absolute atomic E-state index is 0.0110. The molecule has 1 aromatic carbocycles. The van der Waals surface area contributed by atoms with E-state index in [2.05, 4.69) is 18.9 Å². The van der Waals surface area contributed by atoms with Crippen LogP contribution in [0, 0.1) is 17.8 Å². The fourth-order valence-corrected chi connectivity index (χ4v) is 4.58. The number of likely N-dealkylation sites (tertiary alicyclic amines) is 1. The molecule has 4 nitrogen and oxygen atoms in total. The van der Waals surface area contributed by atoms with Gasteiger partial charge in [-0.2, -0.15) is 0 Å². The van der Waals surface area contributed by atoms with Crippen LogP contribution in [0.25, 0.3) is 0 Å². The van der Waals surface area contributed by atoms with Crippen LogP contribution in [0.2, 0.25) is 0 Å². The van der Waals surface area contributed by atoms with Crippen molar-refractivity contribution in [2.75, 3.05) is 20.1 Å². The number of rotatable bonds is 0. The Morgan fingerprint density at radius 2 is 2.00 bits per heavy atom. The second-order valence-electron chi connectivity index (χ2n) is 6.91. The molecule has 0 saturated carbocycles. The van der Waals surface area contributed by atoms with Crippen LogP contribution in [0.3, 0.4) is 0 Å². The van der Waals surface area contributed by atoms with Crippen molar-refractivity contribution in [2.24, 2.45) is 17.8 Å². The molecule has 1 aromatic rings. The Balaban J connectivity index is 1.91. The van der Waals surface area contributed by atoms with Gasteiger partial charge in [-0.15, -0.1) is 0 Å². The van der Waals surface area contributed by atoms with Gasteiger partial charge in [-0.25, -0.2) is 0 Å². The second kappa shape index (κ2) is 5.18. The van der Waals surface area contributed by atoms with Crippen LogP contribution in [-0.4, -0.2) is 35.3 Å². The number of phenolic OH excluding ortho intramolecular Hbond substituents is 2. The van der Waals surface area contributed by atoms with Crippen LogP contribution in [0.4, 0.5) is 0 Å².